The van der Waals surface area contributed by atoms with Crippen molar-refractivity contribution >= 4 is 15.7 Å². The molecule has 1 aromatic heterocycles. The number of methoxy groups -OCH3 is 1. The molecule has 3 rings (SSSR count). The van der Waals surface area contributed by atoms with Crippen LogP contribution in [0.2, 0.25) is 0 Å². The maximum atomic E-state index is 12.8. The van der Waals surface area contributed by atoms with E-state index in [1.807, 2.05) is 0 Å². The summed E-state index contributed by atoms with van der Waals surface area (Å²) in [6.45, 7) is 5.25. The summed E-state index contributed by atoms with van der Waals surface area (Å²) >= 11 is 0. The van der Waals surface area contributed by atoms with Crippen molar-refractivity contribution in [2.75, 3.05) is 11.8 Å². The van der Waals surface area contributed by atoms with Crippen LogP contribution in [0.3, 0.4) is 0 Å². The standard InChI is InChI=1S/C18H19N3O4S/c1-11-9-17(12(2)8-16(11)24-4)26(22,23)21-15-7-5-6-14(10-15)18-19-13(3)20-25-18/h5-10,21H,1-4H3. The molecule has 0 aliphatic heterocycles. The number of ether oxygens (including phenoxy) is 1. The molecule has 0 amide bonds. The van der Waals surface area contributed by atoms with Gasteiger partial charge in [-0.2, -0.15) is 4.98 Å². The van der Waals surface area contributed by atoms with Gasteiger partial charge in [0.25, 0.3) is 15.9 Å². The fraction of sp³-hybridized carbons (Fsp3) is 0.222. The molecule has 0 unspecified atom stereocenters. The summed E-state index contributed by atoms with van der Waals surface area (Å²) in [7, 11) is -2.20. The number of sulfonamides is 1. The summed E-state index contributed by atoms with van der Waals surface area (Å²) in [5.41, 5.74) is 2.39. The van der Waals surface area contributed by atoms with Crippen LogP contribution in [0.25, 0.3) is 11.5 Å². The average molecular weight is 373 g/mol. The zero-order valence-electron chi connectivity index (χ0n) is 14.9. The number of anilines is 1. The smallest absolute Gasteiger partial charge is 0.262 e. The van der Waals surface area contributed by atoms with E-state index in [-0.39, 0.29) is 4.90 Å². The second-order valence-electron chi connectivity index (χ2n) is 5.92. The van der Waals surface area contributed by atoms with Crippen LogP contribution in [0.15, 0.2) is 45.8 Å². The highest BCUT2D eigenvalue weighted by atomic mass is 32.2. The molecule has 0 atom stereocenters. The minimum absolute atomic E-state index is 0.204. The first-order valence-electron chi connectivity index (χ1n) is 7.89. The molecule has 136 valence electrons. The van der Waals surface area contributed by atoms with Gasteiger partial charge in [0, 0.05) is 11.3 Å². The lowest BCUT2D eigenvalue weighted by atomic mass is 10.1. The van der Waals surface area contributed by atoms with Gasteiger partial charge in [-0.3, -0.25) is 4.72 Å². The Labute approximate surface area is 152 Å². The van der Waals surface area contributed by atoms with Gasteiger partial charge in [-0.15, -0.1) is 0 Å². The van der Waals surface area contributed by atoms with Gasteiger partial charge in [0.05, 0.1) is 12.0 Å². The second-order valence-corrected chi connectivity index (χ2v) is 7.57. The molecule has 2 aromatic carbocycles. The summed E-state index contributed by atoms with van der Waals surface area (Å²) in [5.74, 6) is 1.49. The number of benzene rings is 2. The zero-order chi connectivity index (χ0) is 18.9. The molecule has 0 aliphatic carbocycles. The molecule has 0 radical (unpaired) electrons. The molecule has 3 aromatic rings. The van der Waals surface area contributed by atoms with Crippen LogP contribution in [0.5, 0.6) is 5.75 Å². The molecular weight excluding hydrogens is 354 g/mol. The van der Waals surface area contributed by atoms with E-state index in [0.29, 0.717) is 34.3 Å². The van der Waals surface area contributed by atoms with E-state index in [0.717, 1.165) is 5.56 Å². The van der Waals surface area contributed by atoms with Crippen molar-refractivity contribution in [3.8, 4) is 17.2 Å². The Morgan fingerprint density at radius 2 is 1.85 bits per heavy atom. The van der Waals surface area contributed by atoms with Crippen molar-refractivity contribution in [3.63, 3.8) is 0 Å². The number of nitrogens with one attached hydrogen (secondary N) is 1. The number of rotatable bonds is 5. The first-order valence-corrected chi connectivity index (χ1v) is 9.37. The Kier molecular flexibility index (Phi) is 4.69. The topological polar surface area (TPSA) is 94.3 Å². The third-order valence-corrected chi connectivity index (χ3v) is 5.39. The fourth-order valence-corrected chi connectivity index (χ4v) is 3.97. The highest BCUT2D eigenvalue weighted by molar-refractivity contribution is 7.92. The molecule has 8 heteroatoms. The van der Waals surface area contributed by atoms with Crippen molar-refractivity contribution in [1.82, 2.24) is 10.1 Å². The van der Waals surface area contributed by atoms with Crippen LogP contribution in [-0.2, 0) is 10.0 Å². The monoisotopic (exact) mass is 373 g/mol. The van der Waals surface area contributed by atoms with Crippen LogP contribution < -0.4 is 9.46 Å². The minimum atomic E-state index is -3.76. The van der Waals surface area contributed by atoms with Crippen LogP contribution in [0.1, 0.15) is 17.0 Å². The Morgan fingerprint density at radius 1 is 1.08 bits per heavy atom. The number of aryl methyl sites for hydroxylation is 3. The average Bonchev–Trinajstić information content (AvgIpc) is 3.03. The van der Waals surface area contributed by atoms with E-state index in [4.69, 9.17) is 9.26 Å². The van der Waals surface area contributed by atoms with Crippen molar-refractivity contribution < 1.29 is 17.7 Å². The normalized spacial score (nSPS) is 11.4. The third kappa shape index (κ3) is 3.55. The molecule has 0 fully saturated rings. The largest absolute Gasteiger partial charge is 0.496 e. The third-order valence-electron chi connectivity index (χ3n) is 3.87. The van der Waals surface area contributed by atoms with E-state index < -0.39 is 10.0 Å². The number of hydrogen-bond donors (Lipinski definition) is 1. The molecule has 0 saturated carbocycles. The van der Waals surface area contributed by atoms with Gasteiger partial charge in [-0.25, -0.2) is 8.42 Å². The van der Waals surface area contributed by atoms with Crippen LogP contribution in [0, 0.1) is 20.8 Å². The predicted octanol–water partition coefficient (Wildman–Crippen LogP) is 3.47. The Hall–Kier alpha value is -2.87. The van der Waals surface area contributed by atoms with E-state index in [1.165, 1.54) is 0 Å². The lowest BCUT2D eigenvalue weighted by molar-refractivity contribution is 0.411. The molecule has 0 bridgehead atoms. The maximum Gasteiger partial charge on any atom is 0.262 e. The Balaban J connectivity index is 1.94. The van der Waals surface area contributed by atoms with Gasteiger partial charge in [0.2, 0.25) is 0 Å². The summed E-state index contributed by atoms with van der Waals surface area (Å²) in [6.07, 6.45) is 0. The number of hydrogen-bond acceptors (Lipinski definition) is 6. The van der Waals surface area contributed by atoms with Gasteiger partial charge in [-0.1, -0.05) is 11.2 Å². The Morgan fingerprint density at radius 3 is 2.50 bits per heavy atom. The zero-order valence-corrected chi connectivity index (χ0v) is 15.7. The van der Waals surface area contributed by atoms with E-state index in [1.54, 1.807) is 64.3 Å². The van der Waals surface area contributed by atoms with Gasteiger partial charge >= 0.3 is 0 Å². The molecule has 1 heterocycles. The quantitative estimate of drug-likeness (QED) is 0.736. The van der Waals surface area contributed by atoms with Crippen LogP contribution in [0.4, 0.5) is 5.69 Å². The maximum absolute atomic E-state index is 12.8. The lowest BCUT2D eigenvalue weighted by Gasteiger charge is -2.13. The van der Waals surface area contributed by atoms with E-state index >= 15 is 0 Å². The molecule has 26 heavy (non-hydrogen) atoms. The molecule has 7 nitrogen and oxygen atoms in total. The van der Waals surface area contributed by atoms with Crippen LogP contribution in [-0.4, -0.2) is 25.7 Å². The molecule has 0 aliphatic rings. The van der Waals surface area contributed by atoms with Gasteiger partial charge in [0.15, 0.2) is 5.82 Å². The summed E-state index contributed by atoms with van der Waals surface area (Å²) in [6, 6.07) is 10.1. The highest BCUT2D eigenvalue weighted by Crippen LogP contribution is 2.28. The van der Waals surface area contributed by atoms with Crippen molar-refractivity contribution in [2.24, 2.45) is 0 Å². The number of nitrogens with zero attached hydrogens (tertiary/aromatic N) is 2. The number of aromatic nitrogens is 2. The Bertz CT molecular complexity index is 1060. The summed E-state index contributed by atoms with van der Waals surface area (Å²) in [5, 5.41) is 3.75. The lowest BCUT2D eigenvalue weighted by Crippen LogP contribution is -2.14. The van der Waals surface area contributed by atoms with E-state index in [2.05, 4.69) is 14.9 Å². The molecule has 0 spiro atoms. The van der Waals surface area contributed by atoms with Crippen molar-refractivity contribution in [3.05, 3.63) is 53.3 Å². The molecular formula is C18H19N3O4S. The first kappa shape index (κ1) is 17.9. The summed E-state index contributed by atoms with van der Waals surface area (Å²) < 4.78 is 38.6. The van der Waals surface area contributed by atoms with Gasteiger partial charge in [-0.05, 0) is 62.2 Å². The van der Waals surface area contributed by atoms with Crippen molar-refractivity contribution in [1.29, 1.82) is 0 Å². The fourth-order valence-electron chi connectivity index (χ4n) is 2.61. The van der Waals surface area contributed by atoms with Crippen molar-refractivity contribution in [2.45, 2.75) is 25.7 Å². The minimum Gasteiger partial charge on any atom is -0.496 e. The van der Waals surface area contributed by atoms with Gasteiger partial charge in [0.1, 0.15) is 5.75 Å². The predicted molar refractivity (Wildman–Crippen MR) is 97.7 cm³/mol. The van der Waals surface area contributed by atoms with E-state index in [9.17, 15) is 8.42 Å². The molecule has 1 N–H and O–H groups in total. The highest BCUT2D eigenvalue weighted by Gasteiger charge is 2.19. The summed E-state index contributed by atoms with van der Waals surface area (Å²) in [4.78, 5) is 4.36. The second kappa shape index (κ2) is 6.80. The first-order chi connectivity index (χ1) is 12.3. The molecule has 0 saturated heterocycles. The SMILES string of the molecule is COc1cc(C)c(S(=O)(=O)Nc2cccc(-c3nc(C)no3)c2)cc1C. The van der Waals surface area contributed by atoms with Crippen LogP contribution >= 0.6 is 0 Å². The van der Waals surface area contributed by atoms with Gasteiger partial charge < -0.3 is 9.26 Å².